The molecule has 1 aliphatic rings. The maximum Gasteiger partial charge on any atom is 0.317 e. The summed E-state index contributed by atoms with van der Waals surface area (Å²) in [7, 11) is 0. The molecule has 1 N–H and O–H groups in total. The summed E-state index contributed by atoms with van der Waals surface area (Å²) in [5.41, 5.74) is 1.10. The average molecular weight is 400 g/mol. The van der Waals surface area contributed by atoms with Gasteiger partial charge in [0.15, 0.2) is 6.10 Å². The van der Waals surface area contributed by atoms with Gasteiger partial charge in [-0.05, 0) is 50.5 Å². The molecule has 1 aliphatic carbocycles. The second-order valence-corrected chi connectivity index (χ2v) is 7.75. The Balaban J connectivity index is 1.75. The van der Waals surface area contributed by atoms with Gasteiger partial charge in [0.2, 0.25) is 0 Å². The maximum absolute atomic E-state index is 12.0. The average Bonchev–Trinajstić information content (AvgIpc) is 2.99. The van der Waals surface area contributed by atoms with Gasteiger partial charge in [0, 0.05) is 15.4 Å². The summed E-state index contributed by atoms with van der Waals surface area (Å²) in [5.74, 6) is -0.370. The molecule has 1 aromatic rings. The molecule has 6 heteroatoms. The number of hydrogen-bond donors (Lipinski definition) is 1. The molecule has 0 bridgehead atoms. The first-order chi connectivity index (χ1) is 11.0. The highest BCUT2D eigenvalue weighted by Crippen LogP contribution is 2.25. The van der Waals surface area contributed by atoms with Gasteiger partial charge in [-0.25, -0.2) is 0 Å². The first kappa shape index (κ1) is 18.3. The Morgan fingerprint density at radius 2 is 2.09 bits per heavy atom. The van der Waals surface area contributed by atoms with Crippen molar-refractivity contribution in [1.82, 2.24) is 5.32 Å². The van der Waals surface area contributed by atoms with Gasteiger partial charge in [-0.3, -0.25) is 9.59 Å². The van der Waals surface area contributed by atoms with Crippen LogP contribution in [0.15, 0.2) is 27.6 Å². The topological polar surface area (TPSA) is 55.4 Å². The van der Waals surface area contributed by atoms with Crippen LogP contribution in [0.3, 0.4) is 0 Å². The number of rotatable bonds is 6. The van der Waals surface area contributed by atoms with Gasteiger partial charge in [0.1, 0.15) is 0 Å². The zero-order valence-corrected chi connectivity index (χ0v) is 15.8. The van der Waals surface area contributed by atoms with Crippen LogP contribution >= 0.6 is 27.7 Å². The fourth-order valence-electron chi connectivity index (χ4n) is 2.58. The Bertz CT molecular complexity index is 573. The Morgan fingerprint density at radius 1 is 1.39 bits per heavy atom. The fourth-order valence-corrected chi connectivity index (χ4v) is 3.85. The van der Waals surface area contributed by atoms with E-state index >= 15 is 0 Å². The van der Waals surface area contributed by atoms with Crippen molar-refractivity contribution in [3.8, 4) is 0 Å². The van der Waals surface area contributed by atoms with E-state index in [0.717, 1.165) is 40.6 Å². The van der Waals surface area contributed by atoms with E-state index in [1.165, 1.54) is 11.8 Å². The van der Waals surface area contributed by atoms with Crippen molar-refractivity contribution >= 4 is 39.6 Å². The van der Waals surface area contributed by atoms with Crippen molar-refractivity contribution in [2.24, 2.45) is 0 Å². The summed E-state index contributed by atoms with van der Waals surface area (Å²) >= 11 is 4.84. The SMILES string of the molecule is Cc1cc(Br)ccc1SCC(=O)O[C@H](C)C(=O)NC1CCCC1. The van der Waals surface area contributed by atoms with Crippen LogP contribution in [0.4, 0.5) is 0 Å². The largest absolute Gasteiger partial charge is 0.452 e. The summed E-state index contributed by atoms with van der Waals surface area (Å²) in [6.07, 6.45) is 3.61. The van der Waals surface area contributed by atoms with Gasteiger partial charge in [0.05, 0.1) is 5.75 Å². The monoisotopic (exact) mass is 399 g/mol. The smallest absolute Gasteiger partial charge is 0.317 e. The molecule has 0 spiro atoms. The molecular formula is C17H22BrNO3S. The molecule has 0 saturated heterocycles. The molecule has 4 nitrogen and oxygen atoms in total. The molecule has 0 aromatic heterocycles. The number of hydrogen-bond acceptors (Lipinski definition) is 4. The standard InChI is InChI=1S/C17H22BrNO3S/c1-11-9-13(18)7-8-15(11)23-10-16(20)22-12(2)17(21)19-14-5-3-4-6-14/h7-9,12,14H,3-6,10H2,1-2H3,(H,19,21)/t12-/m1/s1. The van der Waals surface area contributed by atoms with E-state index in [4.69, 9.17) is 4.74 Å². The Kier molecular flexibility index (Phi) is 6.96. The number of esters is 1. The molecule has 0 aliphatic heterocycles. The summed E-state index contributed by atoms with van der Waals surface area (Å²) in [6, 6.07) is 6.15. The van der Waals surface area contributed by atoms with Crippen LogP contribution in [0.5, 0.6) is 0 Å². The predicted octanol–water partition coefficient (Wildman–Crippen LogP) is 3.84. The molecule has 0 unspecified atom stereocenters. The number of halogens is 1. The predicted molar refractivity (Wildman–Crippen MR) is 95.6 cm³/mol. The second kappa shape index (κ2) is 8.73. The van der Waals surface area contributed by atoms with Crippen molar-refractivity contribution in [2.45, 2.75) is 56.6 Å². The summed E-state index contributed by atoms with van der Waals surface area (Å²) < 4.78 is 6.24. The quantitative estimate of drug-likeness (QED) is 0.582. The van der Waals surface area contributed by atoms with Crippen molar-refractivity contribution in [1.29, 1.82) is 0 Å². The molecule has 23 heavy (non-hydrogen) atoms. The first-order valence-electron chi connectivity index (χ1n) is 7.84. The van der Waals surface area contributed by atoms with Gasteiger partial charge in [-0.1, -0.05) is 28.8 Å². The van der Waals surface area contributed by atoms with E-state index in [0.29, 0.717) is 0 Å². The van der Waals surface area contributed by atoms with Crippen molar-refractivity contribution in [2.75, 3.05) is 5.75 Å². The normalized spacial score (nSPS) is 16.1. The lowest BCUT2D eigenvalue weighted by Crippen LogP contribution is -2.41. The molecule has 1 saturated carbocycles. The van der Waals surface area contributed by atoms with Gasteiger partial charge >= 0.3 is 5.97 Å². The minimum atomic E-state index is -0.741. The molecule has 2 rings (SSSR count). The molecule has 0 heterocycles. The third kappa shape index (κ3) is 5.84. The van der Waals surface area contributed by atoms with E-state index in [-0.39, 0.29) is 23.7 Å². The minimum Gasteiger partial charge on any atom is -0.452 e. The fraction of sp³-hybridized carbons (Fsp3) is 0.529. The Morgan fingerprint density at radius 3 is 2.74 bits per heavy atom. The van der Waals surface area contributed by atoms with E-state index in [1.807, 2.05) is 25.1 Å². The minimum absolute atomic E-state index is 0.198. The number of thioether (sulfide) groups is 1. The van der Waals surface area contributed by atoms with Crippen LogP contribution in [0.1, 0.15) is 38.2 Å². The van der Waals surface area contributed by atoms with E-state index in [9.17, 15) is 9.59 Å². The highest BCUT2D eigenvalue weighted by atomic mass is 79.9. The summed E-state index contributed by atoms with van der Waals surface area (Å²) in [4.78, 5) is 24.9. The second-order valence-electron chi connectivity index (χ2n) is 5.82. The number of carbonyl (C=O) groups is 2. The number of nitrogens with one attached hydrogen (secondary N) is 1. The lowest BCUT2D eigenvalue weighted by molar-refractivity contribution is -0.152. The van der Waals surface area contributed by atoms with Crippen LogP contribution in [0, 0.1) is 6.92 Å². The maximum atomic E-state index is 12.0. The molecule has 1 aromatic carbocycles. The summed E-state index contributed by atoms with van der Waals surface area (Å²) in [5, 5.41) is 2.94. The highest BCUT2D eigenvalue weighted by molar-refractivity contribution is 9.10. The number of amides is 1. The van der Waals surface area contributed by atoms with E-state index in [1.54, 1.807) is 6.92 Å². The van der Waals surface area contributed by atoms with Crippen LogP contribution in [0.2, 0.25) is 0 Å². The zero-order chi connectivity index (χ0) is 16.8. The molecule has 1 fully saturated rings. The molecular weight excluding hydrogens is 378 g/mol. The molecule has 0 radical (unpaired) electrons. The van der Waals surface area contributed by atoms with Crippen LogP contribution in [-0.4, -0.2) is 29.8 Å². The molecule has 126 valence electrons. The zero-order valence-electron chi connectivity index (χ0n) is 13.4. The number of benzene rings is 1. The third-order valence-corrected chi connectivity index (χ3v) is 5.50. The summed E-state index contributed by atoms with van der Waals surface area (Å²) in [6.45, 7) is 3.62. The highest BCUT2D eigenvalue weighted by Gasteiger charge is 2.23. The number of ether oxygens (including phenoxy) is 1. The molecule has 1 amide bonds. The number of carbonyl (C=O) groups excluding carboxylic acids is 2. The first-order valence-corrected chi connectivity index (χ1v) is 9.62. The van der Waals surface area contributed by atoms with Gasteiger partial charge in [-0.2, -0.15) is 0 Å². The Hall–Kier alpha value is -1.01. The third-order valence-electron chi connectivity index (χ3n) is 3.86. The lowest BCUT2D eigenvalue weighted by atomic mass is 10.2. The van der Waals surface area contributed by atoms with Gasteiger partial charge in [0.25, 0.3) is 5.91 Å². The lowest BCUT2D eigenvalue weighted by Gasteiger charge is -2.17. The Labute approximate surface area is 149 Å². The van der Waals surface area contributed by atoms with Crippen LogP contribution < -0.4 is 5.32 Å². The van der Waals surface area contributed by atoms with Gasteiger partial charge in [-0.15, -0.1) is 11.8 Å². The van der Waals surface area contributed by atoms with E-state index in [2.05, 4.69) is 21.2 Å². The van der Waals surface area contributed by atoms with Crippen molar-refractivity contribution in [3.05, 3.63) is 28.2 Å². The van der Waals surface area contributed by atoms with Crippen molar-refractivity contribution in [3.63, 3.8) is 0 Å². The van der Waals surface area contributed by atoms with Crippen molar-refractivity contribution < 1.29 is 14.3 Å². The van der Waals surface area contributed by atoms with E-state index < -0.39 is 6.10 Å². The van der Waals surface area contributed by atoms with Gasteiger partial charge < -0.3 is 10.1 Å². The molecule has 1 atom stereocenters. The van der Waals surface area contributed by atoms with Crippen LogP contribution in [0.25, 0.3) is 0 Å². The number of aryl methyl sites for hydroxylation is 1. The van der Waals surface area contributed by atoms with Crippen LogP contribution in [-0.2, 0) is 14.3 Å².